The molecule has 3 heterocycles. The molecule has 0 radical (unpaired) electrons. The molecule has 5 nitrogen and oxygen atoms in total. The van der Waals surface area contributed by atoms with Gasteiger partial charge in [-0.3, -0.25) is 4.79 Å². The van der Waals surface area contributed by atoms with E-state index in [0.29, 0.717) is 25.3 Å². The molecular weight excluding hydrogens is 304 g/mol. The smallest absolute Gasteiger partial charge is 0.232 e. The van der Waals surface area contributed by atoms with E-state index >= 15 is 0 Å². The number of hydrogen-bond donors (Lipinski definition) is 1. The quantitative estimate of drug-likeness (QED) is 0.902. The molecule has 2 unspecified atom stereocenters. The van der Waals surface area contributed by atoms with E-state index in [9.17, 15) is 4.79 Å². The van der Waals surface area contributed by atoms with Crippen LogP contribution in [0.25, 0.3) is 0 Å². The number of nitrogens with one attached hydrogen (secondary N) is 1. The van der Waals surface area contributed by atoms with Crippen molar-refractivity contribution in [3.63, 3.8) is 0 Å². The van der Waals surface area contributed by atoms with Crippen LogP contribution in [0.2, 0.25) is 0 Å². The van der Waals surface area contributed by atoms with E-state index in [0.717, 1.165) is 36.6 Å². The van der Waals surface area contributed by atoms with Crippen molar-refractivity contribution in [2.45, 2.75) is 50.6 Å². The second kappa shape index (κ2) is 5.96. The summed E-state index contributed by atoms with van der Waals surface area (Å²) in [6.07, 6.45) is 3.48. The van der Waals surface area contributed by atoms with Crippen molar-refractivity contribution >= 4 is 5.91 Å². The molecule has 3 aliphatic heterocycles. The predicted octanol–water partition coefficient (Wildman–Crippen LogP) is 2.09. The first kappa shape index (κ1) is 15.8. The fourth-order valence-corrected chi connectivity index (χ4v) is 4.08. The van der Waals surface area contributed by atoms with Crippen LogP contribution in [0.4, 0.5) is 0 Å². The molecule has 2 saturated heterocycles. The SMILES string of the molecule is CC(C)(C(=O)N1CCC2CCC(C1)N2)c1ccc2c(c1)OCCO2. The van der Waals surface area contributed by atoms with Gasteiger partial charge in [0.05, 0.1) is 5.41 Å². The van der Waals surface area contributed by atoms with E-state index in [4.69, 9.17) is 9.47 Å². The lowest BCUT2D eigenvalue weighted by molar-refractivity contribution is -0.136. The van der Waals surface area contributed by atoms with Gasteiger partial charge in [-0.15, -0.1) is 0 Å². The lowest BCUT2D eigenvalue weighted by Crippen LogP contribution is -2.47. The molecule has 1 aromatic carbocycles. The van der Waals surface area contributed by atoms with Crippen molar-refractivity contribution in [1.29, 1.82) is 0 Å². The molecule has 3 aliphatic rings. The largest absolute Gasteiger partial charge is 0.486 e. The molecule has 2 atom stereocenters. The summed E-state index contributed by atoms with van der Waals surface area (Å²) in [5, 5.41) is 3.64. The number of ether oxygens (including phenoxy) is 2. The van der Waals surface area contributed by atoms with Gasteiger partial charge in [-0.05, 0) is 50.8 Å². The van der Waals surface area contributed by atoms with Gasteiger partial charge in [-0.25, -0.2) is 0 Å². The maximum atomic E-state index is 13.2. The van der Waals surface area contributed by atoms with Crippen molar-refractivity contribution in [2.24, 2.45) is 0 Å². The molecule has 0 saturated carbocycles. The van der Waals surface area contributed by atoms with Gasteiger partial charge >= 0.3 is 0 Å². The van der Waals surface area contributed by atoms with Gasteiger partial charge < -0.3 is 19.7 Å². The maximum Gasteiger partial charge on any atom is 0.232 e. The number of likely N-dealkylation sites (tertiary alicyclic amines) is 1. The Bertz CT molecular complexity index is 643. The topological polar surface area (TPSA) is 50.8 Å². The van der Waals surface area contributed by atoms with E-state index < -0.39 is 5.41 Å². The van der Waals surface area contributed by atoms with Crippen LogP contribution in [0.1, 0.15) is 38.7 Å². The van der Waals surface area contributed by atoms with Gasteiger partial charge in [0.15, 0.2) is 11.5 Å². The van der Waals surface area contributed by atoms with E-state index in [1.54, 1.807) is 0 Å². The third kappa shape index (κ3) is 2.75. The maximum absolute atomic E-state index is 13.2. The van der Waals surface area contributed by atoms with Crippen molar-refractivity contribution < 1.29 is 14.3 Å². The number of carbonyl (C=O) groups is 1. The van der Waals surface area contributed by atoms with Gasteiger partial charge in [-0.1, -0.05) is 6.07 Å². The summed E-state index contributed by atoms with van der Waals surface area (Å²) in [6, 6.07) is 6.93. The standard InChI is InChI=1S/C19H26N2O3/c1-19(2,13-3-6-16-17(11-13)24-10-9-23-16)18(22)21-8-7-14-4-5-15(12-21)20-14/h3,6,11,14-15,20H,4-5,7-10,12H2,1-2H3. The second-order valence-corrected chi connectivity index (χ2v) is 7.66. The van der Waals surface area contributed by atoms with Gasteiger partial charge in [0.25, 0.3) is 0 Å². The summed E-state index contributed by atoms with van der Waals surface area (Å²) in [5.74, 6) is 1.72. The van der Waals surface area contributed by atoms with Crippen molar-refractivity contribution in [2.75, 3.05) is 26.3 Å². The first-order chi connectivity index (χ1) is 11.5. The third-order valence-corrected chi connectivity index (χ3v) is 5.61. The summed E-state index contributed by atoms with van der Waals surface area (Å²) in [4.78, 5) is 15.3. The number of benzene rings is 1. The highest BCUT2D eigenvalue weighted by atomic mass is 16.6. The Hall–Kier alpha value is -1.75. The van der Waals surface area contributed by atoms with E-state index in [1.165, 1.54) is 12.8 Å². The molecule has 1 amide bonds. The highest BCUT2D eigenvalue weighted by molar-refractivity contribution is 5.87. The lowest BCUT2D eigenvalue weighted by Gasteiger charge is -2.33. The van der Waals surface area contributed by atoms with E-state index in [2.05, 4.69) is 5.32 Å². The molecule has 0 spiro atoms. The fraction of sp³-hybridized carbons (Fsp3) is 0.632. The number of rotatable bonds is 2. The Morgan fingerprint density at radius 2 is 1.88 bits per heavy atom. The monoisotopic (exact) mass is 330 g/mol. The summed E-state index contributed by atoms with van der Waals surface area (Å²) in [7, 11) is 0. The summed E-state index contributed by atoms with van der Waals surface area (Å²) < 4.78 is 11.3. The van der Waals surface area contributed by atoms with Crippen LogP contribution in [0, 0.1) is 0 Å². The summed E-state index contributed by atoms with van der Waals surface area (Å²) in [5.41, 5.74) is 0.415. The van der Waals surface area contributed by atoms with Gasteiger partial charge in [-0.2, -0.15) is 0 Å². The second-order valence-electron chi connectivity index (χ2n) is 7.66. The van der Waals surface area contributed by atoms with Crippen LogP contribution in [0.5, 0.6) is 11.5 Å². The summed E-state index contributed by atoms with van der Waals surface area (Å²) in [6.45, 7) is 6.84. The number of nitrogens with zero attached hydrogens (tertiary/aromatic N) is 1. The van der Waals surface area contributed by atoms with Crippen LogP contribution in [0.15, 0.2) is 18.2 Å². The van der Waals surface area contributed by atoms with Gasteiger partial charge in [0.2, 0.25) is 5.91 Å². The number of amides is 1. The lowest BCUT2D eigenvalue weighted by atomic mass is 9.82. The zero-order valence-corrected chi connectivity index (χ0v) is 14.5. The molecule has 1 aromatic rings. The molecule has 2 bridgehead atoms. The highest BCUT2D eigenvalue weighted by Gasteiger charge is 2.38. The minimum Gasteiger partial charge on any atom is -0.486 e. The first-order valence-corrected chi connectivity index (χ1v) is 8.99. The molecule has 4 rings (SSSR count). The molecule has 0 aromatic heterocycles. The van der Waals surface area contributed by atoms with Crippen LogP contribution in [-0.4, -0.2) is 49.2 Å². The Morgan fingerprint density at radius 1 is 1.12 bits per heavy atom. The molecule has 0 aliphatic carbocycles. The summed E-state index contributed by atoms with van der Waals surface area (Å²) >= 11 is 0. The number of carbonyl (C=O) groups excluding carboxylic acids is 1. The molecule has 5 heteroatoms. The van der Waals surface area contributed by atoms with Crippen LogP contribution in [-0.2, 0) is 10.2 Å². The van der Waals surface area contributed by atoms with Crippen LogP contribution >= 0.6 is 0 Å². The number of fused-ring (bicyclic) bond motifs is 3. The molecule has 1 N–H and O–H groups in total. The van der Waals surface area contributed by atoms with Crippen LogP contribution in [0.3, 0.4) is 0 Å². The van der Waals surface area contributed by atoms with E-state index in [1.807, 2.05) is 36.9 Å². The van der Waals surface area contributed by atoms with Crippen molar-refractivity contribution in [1.82, 2.24) is 10.2 Å². The van der Waals surface area contributed by atoms with Crippen molar-refractivity contribution in [3.8, 4) is 11.5 Å². The highest BCUT2D eigenvalue weighted by Crippen LogP contribution is 2.36. The Labute approximate surface area is 143 Å². The normalized spacial score (nSPS) is 26.2. The third-order valence-electron chi connectivity index (χ3n) is 5.61. The zero-order valence-electron chi connectivity index (χ0n) is 14.5. The van der Waals surface area contributed by atoms with Gasteiger partial charge in [0.1, 0.15) is 13.2 Å². The predicted molar refractivity (Wildman–Crippen MR) is 91.6 cm³/mol. The van der Waals surface area contributed by atoms with Crippen molar-refractivity contribution in [3.05, 3.63) is 23.8 Å². The number of hydrogen-bond acceptors (Lipinski definition) is 4. The Kier molecular flexibility index (Phi) is 3.91. The molecule has 24 heavy (non-hydrogen) atoms. The molecular formula is C19H26N2O3. The zero-order chi connectivity index (χ0) is 16.7. The average Bonchev–Trinajstić information content (AvgIpc) is 2.92. The minimum absolute atomic E-state index is 0.202. The fourth-order valence-electron chi connectivity index (χ4n) is 4.08. The Morgan fingerprint density at radius 3 is 2.71 bits per heavy atom. The van der Waals surface area contributed by atoms with E-state index in [-0.39, 0.29) is 5.91 Å². The van der Waals surface area contributed by atoms with Crippen LogP contribution < -0.4 is 14.8 Å². The molecule has 2 fully saturated rings. The Balaban J connectivity index is 1.56. The first-order valence-electron chi connectivity index (χ1n) is 8.99. The minimum atomic E-state index is -0.570. The average molecular weight is 330 g/mol. The molecule has 130 valence electrons. The van der Waals surface area contributed by atoms with Gasteiger partial charge in [0, 0.05) is 25.2 Å².